The first-order valence-corrected chi connectivity index (χ1v) is 14.8. The molecule has 2 fully saturated rings. The van der Waals surface area contributed by atoms with Gasteiger partial charge in [0.05, 0.1) is 12.8 Å². The maximum Gasteiger partial charge on any atom is 0.137 e. The summed E-state index contributed by atoms with van der Waals surface area (Å²) >= 11 is 0. The van der Waals surface area contributed by atoms with E-state index in [1.807, 2.05) is 6.20 Å². The zero-order valence-corrected chi connectivity index (χ0v) is 22.0. The van der Waals surface area contributed by atoms with E-state index in [9.17, 15) is 0 Å². The zero-order valence-electron chi connectivity index (χ0n) is 22.0. The first kappa shape index (κ1) is 26.6. The van der Waals surface area contributed by atoms with Crippen molar-refractivity contribution in [2.75, 3.05) is 6.61 Å². The van der Waals surface area contributed by atoms with Crippen LogP contribution in [0.25, 0.3) is 0 Å². The van der Waals surface area contributed by atoms with Gasteiger partial charge in [0.2, 0.25) is 0 Å². The predicted molar refractivity (Wildman–Crippen MR) is 142 cm³/mol. The second kappa shape index (κ2) is 15.8. The van der Waals surface area contributed by atoms with Crippen LogP contribution in [0.2, 0.25) is 0 Å². The first-order valence-electron chi connectivity index (χ1n) is 14.8. The quantitative estimate of drug-likeness (QED) is 0.246. The molecule has 2 aliphatic carbocycles. The van der Waals surface area contributed by atoms with Gasteiger partial charge in [0.15, 0.2) is 0 Å². The van der Waals surface area contributed by atoms with Gasteiger partial charge in [0.25, 0.3) is 0 Å². The average molecular weight is 456 g/mol. The molecule has 1 heterocycles. The van der Waals surface area contributed by atoms with Crippen LogP contribution in [-0.2, 0) is 6.42 Å². The molecular formula is C31H53NO. The molecule has 0 radical (unpaired) electrons. The van der Waals surface area contributed by atoms with Gasteiger partial charge >= 0.3 is 0 Å². The molecule has 0 aliphatic heterocycles. The average Bonchev–Trinajstić information content (AvgIpc) is 2.87. The van der Waals surface area contributed by atoms with Crippen molar-refractivity contribution >= 4 is 0 Å². The number of aromatic nitrogens is 1. The van der Waals surface area contributed by atoms with Gasteiger partial charge < -0.3 is 4.74 Å². The maximum atomic E-state index is 5.84. The predicted octanol–water partition coefficient (Wildman–Crippen LogP) is 9.56. The van der Waals surface area contributed by atoms with Gasteiger partial charge in [-0.05, 0) is 55.1 Å². The van der Waals surface area contributed by atoms with Crippen molar-refractivity contribution in [2.24, 2.45) is 23.7 Å². The Hall–Kier alpha value is -1.05. The molecule has 0 spiro atoms. The Morgan fingerprint density at radius 3 is 1.79 bits per heavy atom. The summed E-state index contributed by atoms with van der Waals surface area (Å²) in [6.45, 7) is 5.40. The van der Waals surface area contributed by atoms with Crippen molar-refractivity contribution in [2.45, 2.75) is 136 Å². The van der Waals surface area contributed by atoms with E-state index in [0.717, 1.165) is 48.9 Å². The van der Waals surface area contributed by atoms with Crippen LogP contribution in [0.1, 0.15) is 135 Å². The standard InChI is InChI=1S/C31H53NO/c1-3-5-7-8-24-33-31-23-22-30(32-25-31)21-20-29-18-16-28(17-19-29)15-14-27-12-10-26(11-13-27)9-6-4-2/h22-23,25-29H,3-21,24H2,1-2H3. The molecule has 1 aromatic heterocycles. The Kier molecular flexibility index (Phi) is 12.7. The van der Waals surface area contributed by atoms with Crippen molar-refractivity contribution in [1.82, 2.24) is 4.98 Å². The Bertz CT molecular complexity index is 596. The highest BCUT2D eigenvalue weighted by Crippen LogP contribution is 2.38. The van der Waals surface area contributed by atoms with Crippen molar-refractivity contribution in [3.05, 3.63) is 24.0 Å². The molecular weight excluding hydrogens is 402 g/mol. The van der Waals surface area contributed by atoms with Crippen LogP contribution in [0.15, 0.2) is 18.3 Å². The number of hydrogen-bond acceptors (Lipinski definition) is 2. The van der Waals surface area contributed by atoms with Crippen LogP contribution in [0.3, 0.4) is 0 Å². The fourth-order valence-electron chi connectivity index (χ4n) is 6.30. The van der Waals surface area contributed by atoms with Crippen molar-refractivity contribution in [3.63, 3.8) is 0 Å². The van der Waals surface area contributed by atoms with Gasteiger partial charge in [-0.25, -0.2) is 0 Å². The SMILES string of the molecule is CCCCCCOc1ccc(CCC2CCC(CCC3CCC(CCCC)CC3)CC2)nc1. The van der Waals surface area contributed by atoms with E-state index in [1.54, 1.807) is 0 Å². The van der Waals surface area contributed by atoms with Gasteiger partial charge in [-0.1, -0.05) is 117 Å². The lowest BCUT2D eigenvalue weighted by atomic mass is 9.74. The van der Waals surface area contributed by atoms with Crippen molar-refractivity contribution in [3.8, 4) is 5.75 Å². The van der Waals surface area contributed by atoms with E-state index < -0.39 is 0 Å². The van der Waals surface area contributed by atoms with Gasteiger partial charge in [-0.3, -0.25) is 4.98 Å². The Morgan fingerprint density at radius 1 is 0.667 bits per heavy atom. The molecule has 2 aliphatic rings. The number of nitrogens with zero attached hydrogens (tertiary/aromatic N) is 1. The van der Waals surface area contributed by atoms with Crippen molar-refractivity contribution < 1.29 is 4.74 Å². The van der Waals surface area contributed by atoms with E-state index in [-0.39, 0.29) is 0 Å². The summed E-state index contributed by atoms with van der Waals surface area (Å²) in [6.07, 6.45) is 28.7. The Labute approximate surface area is 205 Å². The summed E-state index contributed by atoms with van der Waals surface area (Å²) < 4.78 is 5.84. The molecule has 3 rings (SSSR count). The van der Waals surface area contributed by atoms with E-state index in [0.29, 0.717) is 0 Å². The highest BCUT2D eigenvalue weighted by atomic mass is 16.5. The van der Waals surface area contributed by atoms with E-state index in [4.69, 9.17) is 4.74 Å². The number of unbranched alkanes of at least 4 members (excludes halogenated alkanes) is 4. The van der Waals surface area contributed by atoms with Gasteiger partial charge in [-0.2, -0.15) is 0 Å². The molecule has 2 nitrogen and oxygen atoms in total. The summed E-state index contributed by atoms with van der Waals surface area (Å²) in [5.74, 6) is 4.99. The number of pyridine rings is 1. The minimum Gasteiger partial charge on any atom is -0.492 e. The van der Waals surface area contributed by atoms with Gasteiger partial charge in [0.1, 0.15) is 5.75 Å². The number of ether oxygens (including phenoxy) is 1. The van der Waals surface area contributed by atoms with Gasteiger partial charge in [-0.15, -0.1) is 0 Å². The zero-order chi connectivity index (χ0) is 23.1. The Balaban J connectivity index is 1.23. The molecule has 0 atom stereocenters. The van der Waals surface area contributed by atoms with Crippen LogP contribution in [0.5, 0.6) is 5.75 Å². The Morgan fingerprint density at radius 2 is 1.24 bits per heavy atom. The molecule has 0 unspecified atom stereocenters. The topological polar surface area (TPSA) is 22.1 Å². The second-order valence-electron chi connectivity index (χ2n) is 11.4. The largest absolute Gasteiger partial charge is 0.492 e. The number of hydrogen-bond donors (Lipinski definition) is 0. The van der Waals surface area contributed by atoms with E-state index in [2.05, 4.69) is 31.0 Å². The van der Waals surface area contributed by atoms with Crippen molar-refractivity contribution in [1.29, 1.82) is 0 Å². The van der Waals surface area contributed by atoms with Crippen LogP contribution in [0, 0.1) is 23.7 Å². The molecule has 0 N–H and O–H groups in total. The molecule has 0 aromatic carbocycles. The monoisotopic (exact) mass is 455 g/mol. The highest BCUT2D eigenvalue weighted by Gasteiger charge is 2.24. The lowest BCUT2D eigenvalue weighted by Crippen LogP contribution is -2.18. The minimum absolute atomic E-state index is 0.824. The fraction of sp³-hybridized carbons (Fsp3) is 0.839. The van der Waals surface area contributed by atoms with E-state index in [1.165, 1.54) is 115 Å². The summed E-state index contributed by atoms with van der Waals surface area (Å²) in [6, 6.07) is 4.31. The number of aryl methyl sites for hydroxylation is 1. The molecule has 2 heteroatoms. The summed E-state index contributed by atoms with van der Waals surface area (Å²) in [5, 5.41) is 0. The highest BCUT2D eigenvalue weighted by molar-refractivity contribution is 5.19. The molecule has 1 aromatic rings. The molecule has 2 saturated carbocycles. The normalized spacial score (nSPS) is 25.8. The third-order valence-corrected chi connectivity index (χ3v) is 8.75. The molecule has 188 valence electrons. The second-order valence-corrected chi connectivity index (χ2v) is 11.4. The minimum atomic E-state index is 0.824. The van der Waals surface area contributed by atoms with E-state index >= 15 is 0 Å². The smallest absolute Gasteiger partial charge is 0.137 e. The molecule has 0 amide bonds. The van der Waals surface area contributed by atoms with Crippen LogP contribution in [0.4, 0.5) is 0 Å². The van der Waals surface area contributed by atoms with Gasteiger partial charge in [0, 0.05) is 5.69 Å². The first-order chi connectivity index (χ1) is 16.3. The lowest BCUT2D eigenvalue weighted by molar-refractivity contribution is 0.208. The maximum absolute atomic E-state index is 5.84. The van der Waals surface area contributed by atoms with Crippen LogP contribution < -0.4 is 4.74 Å². The fourth-order valence-corrected chi connectivity index (χ4v) is 6.30. The van der Waals surface area contributed by atoms with Crippen LogP contribution in [-0.4, -0.2) is 11.6 Å². The van der Waals surface area contributed by atoms with Crippen LogP contribution >= 0.6 is 0 Å². The lowest BCUT2D eigenvalue weighted by Gasteiger charge is -2.32. The third kappa shape index (κ3) is 10.4. The molecule has 33 heavy (non-hydrogen) atoms. The summed E-state index contributed by atoms with van der Waals surface area (Å²) in [4.78, 5) is 4.67. The number of rotatable bonds is 15. The molecule has 0 bridgehead atoms. The summed E-state index contributed by atoms with van der Waals surface area (Å²) in [7, 11) is 0. The molecule has 0 saturated heterocycles. The summed E-state index contributed by atoms with van der Waals surface area (Å²) in [5.41, 5.74) is 1.24. The third-order valence-electron chi connectivity index (χ3n) is 8.75.